The smallest absolute Gasteiger partial charge is 0.234 e. The minimum Gasteiger partial charge on any atom is -0.370 e. The molecule has 0 saturated carbocycles. The molecule has 0 aromatic heterocycles. The minimum absolute atomic E-state index is 0.110. The van der Waals surface area contributed by atoms with Gasteiger partial charge in [-0.3, -0.25) is 9.69 Å². The Hall–Kier alpha value is -1.84. The average molecular weight is 258 g/mol. The molecule has 4 nitrogen and oxygen atoms in total. The molecule has 0 N–H and O–H groups in total. The second kappa shape index (κ2) is 4.68. The number of oxime groups is 1. The number of carbonyl (C=O) groups excluding carboxylic acids is 1. The maximum atomic E-state index is 12.2. The first-order valence-corrected chi connectivity index (χ1v) is 6.82. The van der Waals surface area contributed by atoms with E-state index in [4.69, 9.17) is 4.84 Å². The third-order valence-electron chi connectivity index (χ3n) is 3.65. The van der Waals surface area contributed by atoms with Gasteiger partial charge in [0.25, 0.3) is 0 Å². The highest BCUT2D eigenvalue weighted by atomic mass is 16.7. The van der Waals surface area contributed by atoms with Crippen molar-refractivity contribution in [3.8, 4) is 0 Å². The molecule has 4 heteroatoms. The van der Waals surface area contributed by atoms with Crippen LogP contribution in [0.5, 0.6) is 0 Å². The van der Waals surface area contributed by atoms with Crippen molar-refractivity contribution in [1.82, 2.24) is 0 Å². The highest BCUT2D eigenvalue weighted by Gasteiger charge is 2.36. The fraction of sp³-hybridized carbons (Fsp3) is 0.467. The summed E-state index contributed by atoms with van der Waals surface area (Å²) < 4.78 is 0. The van der Waals surface area contributed by atoms with E-state index in [0.29, 0.717) is 12.8 Å². The van der Waals surface area contributed by atoms with Crippen LogP contribution in [0.15, 0.2) is 23.4 Å². The van der Waals surface area contributed by atoms with Gasteiger partial charge in [0.15, 0.2) is 0 Å². The fourth-order valence-corrected chi connectivity index (χ4v) is 2.74. The largest absolute Gasteiger partial charge is 0.370 e. The van der Waals surface area contributed by atoms with Crippen LogP contribution in [-0.2, 0) is 22.5 Å². The van der Waals surface area contributed by atoms with Crippen LogP contribution >= 0.6 is 0 Å². The first-order chi connectivity index (χ1) is 9.19. The van der Waals surface area contributed by atoms with Crippen LogP contribution in [-0.4, -0.2) is 17.8 Å². The van der Waals surface area contributed by atoms with Crippen LogP contribution in [0.4, 0.5) is 5.69 Å². The van der Waals surface area contributed by atoms with E-state index >= 15 is 0 Å². The van der Waals surface area contributed by atoms with Crippen molar-refractivity contribution in [2.75, 3.05) is 4.90 Å². The van der Waals surface area contributed by atoms with E-state index in [9.17, 15) is 4.79 Å². The molecule has 0 spiro atoms. The molecule has 3 rings (SSSR count). The quantitative estimate of drug-likeness (QED) is 0.836. The number of amides is 1. The van der Waals surface area contributed by atoms with E-state index in [1.165, 1.54) is 5.56 Å². The summed E-state index contributed by atoms with van der Waals surface area (Å²) in [7, 11) is 0. The summed E-state index contributed by atoms with van der Waals surface area (Å²) in [6, 6.07) is 6.32. The van der Waals surface area contributed by atoms with Gasteiger partial charge in [0.05, 0.1) is 17.8 Å². The normalized spacial score (nSPS) is 21.4. The Balaban J connectivity index is 1.91. The molecule has 2 aliphatic heterocycles. The third kappa shape index (κ3) is 2.11. The van der Waals surface area contributed by atoms with E-state index in [1.807, 2.05) is 6.92 Å². The van der Waals surface area contributed by atoms with E-state index in [2.05, 4.69) is 30.3 Å². The topological polar surface area (TPSA) is 41.9 Å². The fourth-order valence-electron chi connectivity index (χ4n) is 2.74. The molecule has 19 heavy (non-hydrogen) atoms. The number of nitrogens with zero attached hydrogens (tertiary/aromatic N) is 2. The van der Waals surface area contributed by atoms with Gasteiger partial charge in [-0.25, -0.2) is 0 Å². The molecule has 0 fully saturated rings. The predicted octanol–water partition coefficient (Wildman–Crippen LogP) is 2.65. The van der Waals surface area contributed by atoms with Crippen LogP contribution in [0.1, 0.15) is 37.8 Å². The summed E-state index contributed by atoms with van der Waals surface area (Å²) in [4.78, 5) is 19.3. The number of rotatable bonds is 3. The number of aryl methyl sites for hydroxylation is 1. The van der Waals surface area contributed by atoms with Gasteiger partial charge >= 0.3 is 0 Å². The van der Waals surface area contributed by atoms with E-state index in [0.717, 1.165) is 29.8 Å². The third-order valence-corrected chi connectivity index (χ3v) is 3.65. The number of hydrogen-bond donors (Lipinski definition) is 0. The molecule has 1 atom stereocenters. The lowest BCUT2D eigenvalue weighted by atomic mass is 10.1. The van der Waals surface area contributed by atoms with E-state index in [1.54, 1.807) is 4.90 Å². The van der Waals surface area contributed by atoms with Gasteiger partial charge in [-0.2, -0.15) is 0 Å². The highest BCUT2D eigenvalue weighted by Crippen LogP contribution is 2.34. The van der Waals surface area contributed by atoms with Crippen molar-refractivity contribution >= 4 is 17.3 Å². The van der Waals surface area contributed by atoms with Crippen molar-refractivity contribution in [3.05, 3.63) is 29.3 Å². The van der Waals surface area contributed by atoms with Crippen molar-refractivity contribution < 1.29 is 9.63 Å². The molecule has 0 saturated heterocycles. The number of fused-ring (bicyclic) bond motifs is 1. The number of benzene rings is 1. The molecule has 1 unspecified atom stereocenters. The molecule has 0 bridgehead atoms. The van der Waals surface area contributed by atoms with Crippen LogP contribution in [0.25, 0.3) is 0 Å². The Kier molecular flexibility index (Phi) is 3.01. The first-order valence-electron chi connectivity index (χ1n) is 6.82. The molecule has 1 amide bonds. The molecule has 2 aliphatic rings. The highest BCUT2D eigenvalue weighted by molar-refractivity contribution is 6.02. The van der Waals surface area contributed by atoms with Crippen LogP contribution in [0.3, 0.4) is 0 Å². The zero-order chi connectivity index (χ0) is 13.4. The van der Waals surface area contributed by atoms with Gasteiger partial charge in [0.1, 0.15) is 0 Å². The summed E-state index contributed by atoms with van der Waals surface area (Å²) in [5.74, 6) is 0.110. The second-order valence-corrected chi connectivity index (χ2v) is 5.24. The second-order valence-electron chi connectivity index (χ2n) is 5.24. The molecule has 1 aromatic rings. The molecule has 0 aliphatic carbocycles. The number of carbonyl (C=O) groups is 1. The van der Waals surface area contributed by atoms with Gasteiger partial charge in [0.2, 0.25) is 12.1 Å². The Labute approximate surface area is 113 Å². The summed E-state index contributed by atoms with van der Waals surface area (Å²) in [6.07, 6.45) is 3.06. The van der Waals surface area contributed by atoms with Gasteiger partial charge in [-0.1, -0.05) is 30.6 Å². The molecular weight excluding hydrogens is 240 g/mol. The standard InChI is InChI=1S/C15H18N2O2/c1-3-4-11-5-6-12-9-14(18)17(13(12)8-11)15-7-10(2)16-19-15/h5-6,8,15H,3-4,7,9H2,1-2H3. The number of hydrogen-bond acceptors (Lipinski definition) is 3. The van der Waals surface area contributed by atoms with E-state index < -0.39 is 0 Å². The minimum atomic E-state index is -0.259. The molecule has 100 valence electrons. The molecule has 1 aromatic carbocycles. The molecular formula is C15H18N2O2. The zero-order valence-electron chi connectivity index (χ0n) is 11.3. The van der Waals surface area contributed by atoms with Crippen LogP contribution in [0.2, 0.25) is 0 Å². The van der Waals surface area contributed by atoms with Gasteiger partial charge in [-0.15, -0.1) is 0 Å². The maximum Gasteiger partial charge on any atom is 0.234 e. The summed E-state index contributed by atoms with van der Waals surface area (Å²) in [5, 5.41) is 3.95. The number of anilines is 1. The lowest BCUT2D eigenvalue weighted by Crippen LogP contribution is -2.37. The lowest BCUT2D eigenvalue weighted by Gasteiger charge is -2.23. The van der Waals surface area contributed by atoms with Gasteiger partial charge in [0, 0.05) is 6.42 Å². The van der Waals surface area contributed by atoms with Gasteiger partial charge in [-0.05, 0) is 30.5 Å². The molecule has 0 radical (unpaired) electrons. The van der Waals surface area contributed by atoms with Crippen LogP contribution in [0, 0.1) is 0 Å². The predicted molar refractivity (Wildman–Crippen MR) is 74.2 cm³/mol. The average Bonchev–Trinajstić information content (AvgIpc) is 2.92. The van der Waals surface area contributed by atoms with Crippen molar-refractivity contribution in [1.29, 1.82) is 0 Å². The Bertz CT molecular complexity index is 551. The summed E-state index contributed by atoms with van der Waals surface area (Å²) in [6.45, 7) is 4.09. The monoisotopic (exact) mass is 258 g/mol. The van der Waals surface area contributed by atoms with Crippen molar-refractivity contribution in [3.63, 3.8) is 0 Å². The van der Waals surface area contributed by atoms with Crippen molar-refractivity contribution in [2.45, 2.75) is 45.8 Å². The molecule has 2 heterocycles. The SMILES string of the molecule is CCCc1ccc2c(c1)N(C1CC(C)=NO1)C(=O)C2. The summed E-state index contributed by atoms with van der Waals surface area (Å²) in [5.41, 5.74) is 4.32. The van der Waals surface area contributed by atoms with Crippen molar-refractivity contribution in [2.24, 2.45) is 5.16 Å². The maximum absolute atomic E-state index is 12.2. The zero-order valence-corrected chi connectivity index (χ0v) is 11.3. The van der Waals surface area contributed by atoms with Crippen LogP contribution < -0.4 is 4.90 Å². The van der Waals surface area contributed by atoms with Gasteiger partial charge < -0.3 is 4.84 Å². The summed E-state index contributed by atoms with van der Waals surface area (Å²) >= 11 is 0. The lowest BCUT2D eigenvalue weighted by molar-refractivity contribution is -0.119. The Morgan fingerprint density at radius 3 is 3.00 bits per heavy atom. The first kappa shape index (κ1) is 12.2. The Morgan fingerprint density at radius 1 is 1.47 bits per heavy atom. The Morgan fingerprint density at radius 2 is 2.32 bits per heavy atom. The van der Waals surface area contributed by atoms with E-state index in [-0.39, 0.29) is 12.1 Å².